The van der Waals surface area contributed by atoms with E-state index >= 15 is 0 Å². The fourth-order valence-corrected chi connectivity index (χ4v) is 9.50. The van der Waals surface area contributed by atoms with Gasteiger partial charge < -0.3 is 24.5 Å². The Bertz CT molecular complexity index is 1140. The Labute approximate surface area is 248 Å². The molecule has 3 amide bonds. The Morgan fingerprint density at radius 3 is 2.44 bits per heavy atom. The highest BCUT2D eigenvalue weighted by molar-refractivity contribution is 8.02. The minimum atomic E-state index is -0.689. The molecule has 3 unspecified atom stereocenters. The number of benzene rings is 1. The van der Waals surface area contributed by atoms with E-state index in [-0.39, 0.29) is 41.5 Å². The van der Waals surface area contributed by atoms with Gasteiger partial charge in [0.05, 0.1) is 23.2 Å². The second-order valence-corrected chi connectivity index (χ2v) is 13.1. The first-order chi connectivity index (χ1) is 19.7. The fourth-order valence-electron chi connectivity index (χ4n) is 7.09. The summed E-state index contributed by atoms with van der Waals surface area (Å²) in [6.45, 7) is 17.4. The van der Waals surface area contributed by atoms with E-state index in [1.807, 2.05) is 45.0 Å². The van der Waals surface area contributed by atoms with Crippen LogP contribution in [0.1, 0.15) is 47.0 Å². The summed E-state index contributed by atoms with van der Waals surface area (Å²) >= 11 is 1.69. The number of amides is 3. The van der Waals surface area contributed by atoms with Crippen molar-refractivity contribution < 1.29 is 24.2 Å². The van der Waals surface area contributed by atoms with Crippen molar-refractivity contribution in [3.05, 3.63) is 49.6 Å². The van der Waals surface area contributed by atoms with E-state index in [0.29, 0.717) is 39.1 Å². The molecule has 4 rings (SSSR count). The monoisotopic (exact) mass is 583 g/mol. The maximum atomic E-state index is 14.4. The van der Waals surface area contributed by atoms with Crippen molar-refractivity contribution in [1.29, 1.82) is 0 Å². The summed E-state index contributed by atoms with van der Waals surface area (Å²) in [5, 5.41) is 9.39. The number of unbranched alkanes of at least 4 members (excludes halogenated alkanes) is 1. The molecule has 6 atom stereocenters. The van der Waals surface area contributed by atoms with Gasteiger partial charge in [-0.25, -0.2) is 0 Å². The minimum Gasteiger partial charge on any atom is -0.494 e. The molecule has 41 heavy (non-hydrogen) atoms. The molecular formula is C32H45N3O5S. The fraction of sp³-hybridized carbons (Fsp3) is 0.594. The van der Waals surface area contributed by atoms with Crippen LogP contribution in [-0.2, 0) is 14.4 Å². The van der Waals surface area contributed by atoms with Gasteiger partial charge in [-0.3, -0.25) is 14.4 Å². The lowest BCUT2D eigenvalue weighted by atomic mass is 9.65. The lowest BCUT2D eigenvalue weighted by molar-refractivity contribution is -0.143. The number of hydrogen-bond acceptors (Lipinski definition) is 6. The molecule has 1 aromatic rings. The second kappa shape index (κ2) is 13.0. The topological polar surface area (TPSA) is 90.4 Å². The largest absolute Gasteiger partial charge is 0.494 e. The summed E-state index contributed by atoms with van der Waals surface area (Å²) in [5.74, 6) is -0.622. The Morgan fingerprint density at radius 1 is 1.17 bits per heavy atom. The van der Waals surface area contributed by atoms with Crippen LogP contribution in [0.25, 0.3) is 0 Å². The number of thioether (sulfide) groups is 1. The molecule has 2 bridgehead atoms. The van der Waals surface area contributed by atoms with Crippen LogP contribution in [0.4, 0.5) is 5.69 Å². The van der Waals surface area contributed by atoms with Crippen LogP contribution in [0, 0.1) is 17.8 Å². The van der Waals surface area contributed by atoms with Gasteiger partial charge in [0.1, 0.15) is 11.8 Å². The number of likely N-dealkylation sites (tertiary alicyclic amines) is 1. The molecule has 0 aliphatic carbocycles. The first-order valence-electron chi connectivity index (χ1n) is 14.8. The summed E-state index contributed by atoms with van der Waals surface area (Å²) in [5.41, 5.74) is 0.725. The average Bonchev–Trinajstić information content (AvgIpc) is 3.54. The number of aliphatic hydroxyl groups is 1. The Morgan fingerprint density at radius 2 is 1.85 bits per heavy atom. The number of carbonyl (C=O) groups is 3. The first-order valence-corrected chi connectivity index (χ1v) is 15.7. The van der Waals surface area contributed by atoms with Crippen molar-refractivity contribution in [2.24, 2.45) is 17.8 Å². The van der Waals surface area contributed by atoms with Crippen LogP contribution in [-0.4, -0.2) is 87.6 Å². The number of hydrogen-bond donors (Lipinski definition) is 1. The standard InChI is InChI=1S/C32H45N3O5S/c1-7-16-33(21(4)5)31(39)28-32-22(6)20-25(41-32)26(27(32)30(38)35(28)18-10-11-19-36)29(37)34(17-8-2)23-12-14-24(15-13-23)40-9-3/h7-8,12-15,21-22,25-28,36H,1-2,9-11,16-20H2,3-6H3/t22?,25-,26+,27+,28?,32?/m1/s1. The average molecular weight is 584 g/mol. The zero-order chi connectivity index (χ0) is 29.9. The van der Waals surface area contributed by atoms with E-state index in [2.05, 4.69) is 20.1 Å². The van der Waals surface area contributed by atoms with Gasteiger partial charge in [0.15, 0.2) is 0 Å². The quantitative estimate of drug-likeness (QED) is 0.262. The van der Waals surface area contributed by atoms with Gasteiger partial charge in [0.2, 0.25) is 17.7 Å². The Hall–Kier alpha value is -2.78. The van der Waals surface area contributed by atoms with Gasteiger partial charge in [-0.05, 0) is 70.2 Å². The summed E-state index contributed by atoms with van der Waals surface area (Å²) in [7, 11) is 0. The smallest absolute Gasteiger partial charge is 0.247 e. The van der Waals surface area contributed by atoms with E-state index in [9.17, 15) is 19.5 Å². The van der Waals surface area contributed by atoms with Gasteiger partial charge in [0.25, 0.3) is 0 Å². The molecule has 1 N–H and O–H groups in total. The normalized spacial score (nSPS) is 28.1. The van der Waals surface area contributed by atoms with E-state index in [1.165, 1.54) is 0 Å². The third kappa shape index (κ3) is 5.43. The first kappa shape index (κ1) is 31.2. The van der Waals surface area contributed by atoms with Crippen molar-refractivity contribution in [2.45, 2.75) is 69.0 Å². The van der Waals surface area contributed by atoms with Crippen LogP contribution < -0.4 is 9.64 Å². The molecule has 224 valence electrons. The number of carbonyl (C=O) groups excluding carboxylic acids is 3. The molecule has 3 aliphatic heterocycles. The van der Waals surface area contributed by atoms with Crippen molar-refractivity contribution in [2.75, 3.05) is 37.7 Å². The van der Waals surface area contributed by atoms with E-state index < -0.39 is 22.6 Å². The molecule has 8 nitrogen and oxygen atoms in total. The highest BCUT2D eigenvalue weighted by Crippen LogP contribution is 2.69. The van der Waals surface area contributed by atoms with Gasteiger partial charge in [-0.15, -0.1) is 24.9 Å². The van der Waals surface area contributed by atoms with Crippen LogP contribution in [0.2, 0.25) is 0 Å². The SMILES string of the molecule is C=CCN(C(=O)[C@@H]1[C@H]2C(=O)N(CCCCO)C(C(=O)N(CC=C)C(C)C)C23S[C@@H]1CC3C)c1ccc(OCC)cc1. The zero-order valence-corrected chi connectivity index (χ0v) is 25.6. The second-order valence-electron chi connectivity index (χ2n) is 11.6. The number of aliphatic hydroxyl groups excluding tert-OH is 1. The zero-order valence-electron chi connectivity index (χ0n) is 24.8. The van der Waals surface area contributed by atoms with Crippen molar-refractivity contribution in [3.63, 3.8) is 0 Å². The highest BCUT2D eigenvalue weighted by Gasteiger charge is 2.76. The number of anilines is 1. The molecule has 0 saturated carbocycles. The van der Waals surface area contributed by atoms with Crippen LogP contribution >= 0.6 is 11.8 Å². The predicted molar refractivity (Wildman–Crippen MR) is 164 cm³/mol. The maximum Gasteiger partial charge on any atom is 0.247 e. The van der Waals surface area contributed by atoms with E-state index in [0.717, 1.165) is 17.9 Å². The van der Waals surface area contributed by atoms with E-state index in [4.69, 9.17) is 4.74 Å². The Kier molecular flexibility index (Phi) is 9.90. The third-order valence-corrected chi connectivity index (χ3v) is 10.9. The van der Waals surface area contributed by atoms with Crippen molar-refractivity contribution in [1.82, 2.24) is 9.80 Å². The van der Waals surface area contributed by atoms with Crippen LogP contribution in [0.3, 0.4) is 0 Å². The maximum absolute atomic E-state index is 14.4. The molecule has 3 aliphatic rings. The van der Waals surface area contributed by atoms with Gasteiger partial charge in [-0.2, -0.15) is 0 Å². The Balaban J connectivity index is 1.75. The van der Waals surface area contributed by atoms with Gasteiger partial charge in [0, 0.05) is 43.2 Å². The van der Waals surface area contributed by atoms with Gasteiger partial charge in [-0.1, -0.05) is 19.1 Å². The van der Waals surface area contributed by atoms with Crippen molar-refractivity contribution in [3.8, 4) is 5.75 Å². The number of rotatable bonds is 14. The van der Waals surface area contributed by atoms with Gasteiger partial charge >= 0.3 is 0 Å². The summed E-state index contributed by atoms with van der Waals surface area (Å²) in [6, 6.07) is 6.70. The predicted octanol–water partition coefficient (Wildman–Crippen LogP) is 4.14. The number of nitrogens with zero attached hydrogens (tertiary/aromatic N) is 3. The minimum absolute atomic E-state index is 0.0245. The highest BCUT2D eigenvalue weighted by atomic mass is 32.2. The number of fused-ring (bicyclic) bond motifs is 1. The molecule has 0 aromatic heterocycles. The lowest BCUT2D eigenvalue weighted by Crippen LogP contribution is -2.58. The molecule has 3 fully saturated rings. The molecule has 3 saturated heterocycles. The lowest BCUT2D eigenvalue weighted by Gasteiger charge is -2.41. The molecule has 0 radical (unpaired) electrons. The molecule has 9 heteroatoms. The molecular weight excluding hydrogens is 538 g/mol. The van der Waals surface area contributed by atoms with Crippen molar-refractivity contribution >= 4 is 35.2 Å². The van der Waals surface area contributed by atoms with Crippen LogP contribution in [0.15, 0.2) is 49.6 Å². The molecule has 1 aromatic carbocycles. The summed E-state index contributed by atoms with van der Waals surface area (Å²) < 4.78 is 4.90. The molecule has 1 spiro atoms. The summed E-state index contributed by atoms with van der Waals surface area (Å²) in [4.78, 5) is 48.4. The third-order valence-electron chi connectivity index (χ3n) is 8.84. The number of ether oxygens (including phenoxy) is 1. The van der Waals surface area contributed by atoms with E-state index in [1.54, 1.807) is 38.6 Å². The molecule has 3 heterocycles. The summed E-state index contributed by atoms with van der Waals surface area (Å²) in [6.07, 6.45) is 5.33. The van der Waals surface area contributed by atoms with Crippen LogP contribution in [0.5, 0.6) is 5.75 Å².